The first-order valence-corrected chi connectivity index (χ1v) is 17.5. The van der Waals surface area contributed by atoms with E-state index in [1.165, 1.54) is 19.1 Å². The molecule has 1 fully saturated rings. The molecule has 0 spiro atoms. The molecule has 2 N–H and O–H groups in total. The van der Waals surface area contributed by atoms with Crippen LogP contribution in [0, 0.1) is 11.3 Å². The molecule has 11 heteroatoms. The van der Waals surface area contributed by atoms with Crippen molar-refractivity contribution < 1.29 is 27.4 Å². The Morgan fingerprint density at radius 2 is 1.92 bits per heavy atom. The van der Waals surface area contributed by atoms with Crippen LogP contribution in [0.15, 0.2) is 34.3 Å². The molecule has 0 aromatic heterocycles. The van der Waals surface area contributed by atoms with Crippen molar-refractivity contribution in [1.29, 1.82) is 0 Å². The molecule has 0 bridgehead atoms. The predicted octanol–water partition coefficient (Wildman–Crippen LogP) is 4.99. The maximum Gasteiger partial charge on any atom is 0.348 e. The van der Waals surface area contributed by atoms with E-state index in [1.54, 1.807) is 11.8 Å². The average Bonchev–Trinajstić information content (AvgIpc) is 3.60. The number of nitrogens with zero attached hydrogens (tertiary/aromatic N) is 2. The zero-order valence-corrected chi connectivity index (χ0v) is 25.4. The number of aliphatic hydroxyl groups excluding tert-OH is 1. The van der Waals surface area contributed by atoms with Crippen LogP contribution in [0.1, 0.15) is 71.8 Å². The lowest BCUT2D eigenvalue weighted by atomic mass is 9.85. The second-order valence-corrected chi connectivity index (χ2v) is 16.3. The smallest absolute Gasteiger partial charge is 0.348 e. The molecule has 2 heterocycles. The van der Waals surface area contributed by atoms with E-state index in [4.69, 9.17) is 4.52 Å². The zero-order chi connectivity index (χ0) is 28.6. The highest BCUT2D eigenvalue weighted by atomic mass is 32.2. The second kappa shape index (κ2) is 11.4. The molecule has 1 aromatic carbocycles. The first kappa shape index (κ1) is 29.8. The summed E-state index contributed by atoms with van der Waals surface area (Å²) in [5, 5.41) is 15.0. The second-order valence-electron chi connectivity index (χ2n) is 12.1. The number of benzene rings is 1. The van der Waals surface area contributed by atoms with Crippen molar-refractivity contribution in [3.8, 4) is 0 Å². The van der Waals surface area contributed by atoms with E-state index in [0.717, 1.165) is 24.8 Å². The number of anilines is 1. The Labute approximate surface area is 232 Å². The molecule has 2 atom stereocenters. The summed E-state index contributed by atoms with van der Waals surface area (Å²) in [4.78, 5) is 15.4. The molecule has 0 radical (unpaired) electrons. The third-order valence-electron chi connectivity index (χ3n) is 7.47. The lowest BCUT2D eigenvalue weighted by Gasteiger charge is -2.35. The molecule has 9 nitrogen and oxygen atoms in total. The van der Waals surface area contributed by atoms with E-state index in [9.17, 15) is 22.9 Å². The highest BCUT2D eigenvalue weighted by Crippen LogP contribution is 2.53. The molecule has 2 aliphatic heterocycles. The van der Waals surface area contributed by atoms with Gasteiger partial charge in [0.25, 0.3) is 5.91 Å². The lowest BCUT2D eigenvalue weighted by molar-refractivity contribution is -0.128. The molecule has 1 aromatic rings. The normalized spacial score (nSPS) is 23.6. The van der Waals surface area contributed by atoms with Gasteiger partial charge in [-0.2, -0.15) is 4.76 Å². The van der Waals surface area contributed by atoms with Crippen LogP contribution in [0.2, 0.25) is 0 Å². The minimum absolute atomic E-state index is 0.0493. The summed E-state index contributed by atoms with van der Waals surface area (Å²) in [7, 11) is -6.70. The number of nitrogens with one attached hydrogen (secondary N) is 1. The van der Waals surface area contributed by atoms with Crippen LogP contribution < -0.4 is 10.6 Å². The van der Waals surface area contributed by atoms with E-state index in [2.05, 4.69) is 10.1 Å². The van der Waals surface area contributed by atoms with Crippen LogP contribution in [0.4, 0.5) is 5.69 Å². The van der Waals surface area contributed by atoms with Gasteiger partial charge in [-0.1, -0.05) is 46.1 Å². The van der Waals surface area contributed by atoms with Gasteiger partial charge in [0.15, 0.2) is 5.84 Å². The standard InChI is InChI=1S/C28H42N3O6PS/c1-6-37-38(34)22-18-20(10-8-7-9-17-39(5,35)36)13-14-21(22)29-26(30-38)23-24(32)25(28(2,3)4)31(27(23)33)16-15-19-11-12-19/h13-14,18-19,25,32H,6-12,15-17H2,1-5H3,(H,29,30,34)/t25-,38?/m1/s1. The van der Waals surface area contributed by atoms with E-state index in [0.29, 0.717) is 36.3 Å². The fourth-order valence-corrected chi connectivity index (χ4v) is 7.94. The van der Waals surface area contributed by atoms with Crippen LogP contribution in [0.3, 0.4) is 0 Å². The molecule has 1 unspecified atom stereocenters. The fourth-order valence-electron chi connectivity index (χ4n) is 5.38. The number of amidine groups is 1. The average molecular weight is 580 g/mol. The summed E-state index contributed by atoms with van der Waals surface area (Å²) >= 11 is 0. The Bertz CT molecular complexity index is 1330. The quantitative estimate of drug-likeness (QED) is 0.264. The Morgan fingerprint density at radius 3 is 2.54 bits per heavy atom. The van der Waals surface area contributed by atoms with Crippen LogP contribution in [0.5, 0.6) is 0 Å². The number of hydrogen-bond acceptors (Lipinski definition) is 7. The predicted molar refractivity (Wildman–Crippen MR) is 156 cm³/mol. The summed E-state index contributed by atoms with van der Waals surface area (Å²) < 4.78 is 47.0. The number of amides is 1. The monoisotopic (exact) mass is 579 g/mol. The molecule has 39 heavy (non-hydrogen) atoms. The summed E-state index contributed by atoms with van der Waals surface area (Å²) in [6.45, 7) is 8.45. The van der Waals surface area contributed by atoms with Crippen LogP contribution in [-0.2, 0) is 30.1 Å². The molecule has 0 saturated heterocycles. The summed E-state index contributed by atoms with van der Waals surface area (Å²) in [6.07, 6.45) is 7.39. The van der Waals surface area contributed by atoms with Gasteiger partial charge in [-0.05, 0) is 61.6 Å². The van der Waals surface area contributed by atoms with Crippen LogP contribution >= 0.6 is 7.52 Å². The third kappa shape index (κ3) is 6.95. The Hall–Kier alpha value is -2.16. The Balaban J connectivity index is 1.60. The van der Waals surface area contributed by atoms with Crippen molar-refractivity contribution in [3.63, 3.8) is 0 Å². The minimum Gasteiger partial charge on any atom is -0.509 e. The molecule has 4 rings (SSSR count). The number of aliphatic hydroxyl groups is 1. The molecule has 3 aliphatic rings. The van der Waals surface area contributed by atoms with Gasteiger partial charge in [0.2, 0.25) is 0 Å². The third-order valence-corrected chi connectivity index (χ3v) is 10.6. The van der Waals surface area contributed by atoms with Crippen molar-refractivity contribution in [2.45, 2.75) is 78.7 Å². The lowest BCUT2D eigenvalue weighted by Crippen LogP contribution is -2.44. The summed E-state index contributed by atoms with van der Waals surface area (Å²) in [5.74, 6) is 0.531. The highest BCUT2D eigenvalue weighted by molar-refractivity contribution is 7.90. The SMILES string of the molecule is CCOP1(=O)N=C(C2=C(O)[C@H](C(C)(C)C)N(CCC3CC3)C2=O)Nc2ccc(CCCCCS(C)(=O)=O)cc21. The minimum atomic E-state index is -3.73. The van der Waals surface area contributed by atoms with Gasteiger partial charge in [0.1, 0.15) is 21.2 Å². The topological polar surface area (TPSA) is 125 Å². The number of sulfone groups is 1. The number of aryl methyl sites for hydroxylation is 1. The van der Waals surface area contributed by atoms with Gasteiger partial charge < -0.3 is 19.8 Å². The van der Waals surface area contributed by atoms with E-state index in [-0.39, 0.29) is 35.4 Å². The van der Waals surface area contributed by atoms with E-state index >= 15 is 0 Å². The number of carbonyl (C=O) groups is 1. The number of carbonyl (C=O) groups excluding carboxylic acids is 1. The van der Waals surface area contributed by atoms with E-state index in [1.807, 2.05) is 39.0 Å². The van der Waals surface area contributed by atoms with Crippen molar-refractivity contribution in [1.82, 2.24) is 4.90 Å². The first-order chi connectivity index (χ1) is 18.2. The number of unbranched alkanes of at least 4 members (excludes halogenated alkanes) is 2. The van der Waals surface area contributed by atoms with Crippen LogP contribution in [-0.4, -0.2) is 61.4 Å². The molecule has 1 saturated carbocycles. The number of fused-ring (bicyclic) bond motifs is 1. The zero-order valence-electron chi connectivity index (χ0n) is 23.7. The van der Waals surface area contributed by atoms with Gasteiger partial charge in [-0.3, -0.25) is 9.36 Å². The van der Waals surface area contributed by atoms with E-state index < -0.39 is 28.8 Å². The largest absolute Gasteiger partial charge is 0.509 e. The van der Waals surface area contributed by atoms with Crippen molar-refractivity contribution in [3.05, 3.63) is 35.1 Å². The van der Waals surface area contributed by atoms with Gasteiger partial charge in [-0.15, -0.1) is 0 Å². The highest BCUT2D eigenvalue weighted by Gasteiger charge is 2.48. The molecule has 216 valence electrons. The van der Waals surface area contributed by atoms with Crippen molar-refractivity contribution >= 4 is 40.1 Å². The molecule has 1 amide bonds. The maximum absolute atomic E-state index is 14.1. The van der Waals surface area contributed by atoms with Gasteiger partial charge >= 0.3 is 7.52 Å². The van der Waals surface area contributed by atoms with Crippen LogP contribution in [0.25, 0.3) is 0 Å². The maximum atomic E-state index is 14.1. The molecule has 1 aliphatic carbocycles. The molecular formula is C28H42N3O6PS. The first-order valence-electron chi connectivity index (χ1n) is 13.9. The number of hydrogen-bond donors (Lipinski definition) is 2. The van der Waals surface area contributed by atoms with Gasteiger partial charge in [0.05, 0.1) is 23.6 Å². The fraction of sp³-hybridized carbons (Fsp3) is 0.643. The van der Waals surface area contributed by atoms with Crippen molar-refractivity contribution in [2.24, 2.45) is 16.1 Å². The summed E-state index contributed by atoms with van der Waals surface area (Å²) in [5.41, 5.74) is 1.14. The Morgan fingerprint density at radius 1 is 1.21 bits per heavy atom. The number of rotatable bonds is 12. The van der Waals surface area contributed by atoms with Gasteiger partial charge in [-0.25, -0.2) is 8.42 Å². The Kier molecular flexibility index (Phi) is 8.70. The van der Waals surface area contributed by atoms with Crippen molar-refractivity contribution in [2.75, 3.05) is 30.5 Å². The van der Waals surface area contributed by atoms with Gasteiger partial charge in [0, 0.05) is 18.6 Å². The molecular weight excluding hydrogens is 537 g/mol. The summed E-state index contributed by atoms with van der Waals surface area (Å²) in [6, 6.07) is 5.05.